The maximum absolute atomic E-state index is 13.0. The van der Waals surface area contributed by atoms with Gasteiger partial charge in [0.25, 0.3) is 0 Å². The Hall–Kier alpha value is -1.60. The van der Waals surface area contributed by atoms with E-state index in [-0.39, 0.29) is 17.8 Å². The van der Waals surface area contributed by atoms with Gasteiger partial charge in [0.15, 0.2) is 0 Å². The molecule has 0 saturated carbocycles. The van der Waals surface area contributed by atoms with E-state index in [1.807, 2.05) is 13.1 Å². The van der Waals surface area contributed by atoms with Crippen molar-refractivity contribution in [3.05, 3.63) is 35.9 Å². The molecule has 0 amide bonds. The molecule has 2 bridgehead atoms. The molecule has 2 aliphatic rings. The molecule has 7 heteroatoms. The Bertz CT molecular complexity index is 605. The van der Waals surface area contributed by atoms with Gasteiger partial charge in [0.05, 0.1) is 19.3 Å². The quantitative estimate of drug-likeness (QED) is 0.789. The van der Waals surface area contributed by atoms with E-state index < -0.39 is 12.5 Å². The van der Waals surface area contributed by atoms with E-state index >= 15 is 0 Å². The van der Waals surface area contributed by atoms with Crippen molar-refractivity contribution in [2.75, 3.05) is 20.3 Å². The van der Waals surface area contributed by atoms with Gasteiger partial charge in [0.1, 0.15) is 5.75 Å². The molecule has 2 unspecified atom stereocenters. The minimum absolute atomic E-state index is 0.129. The number of rotatable bonds is 4. The number of fused-ring (bicyclic) bond motifs is 2. The number of morpholine rings is 1. The van der Waals surface area contributed by atoms with Crippen LogP contribution < -0.4 is 4.74 Å². The Morgan fingerprint density at radius 2 is 2.09 bits per heavy atom. The summed E-state index contributed by atoms with van der Waals surface area (Å²) < 4.78 is 60.2. The molecule has 3 nitrogen and oxygen atoms in total. The van der Waals surface area contributed by atoms with E-state index in [9.17, 15) is 17.6 Å². The molecule has 0 N–H and O–H groups in total. The maximum Gasteiger partial charge on any atom is 0.461 e. The van der Waals surface area contributed by atoms with Crippen molar-refractivity contribution < 1.29 is 27.0 Å². The highest BCUT2D eigenvalue weighted by molar-refractivity contribution is 5.68. The summed E-state index contributed by atoms with van der Waals surface area (Å²) in [5.74, 6) is -0.269. The molecule has 2 aliphatic heterocycles. The van der Waals surface area contributed by atoms with Crippen LogP contribution in [0.15, 0.2) is 30.3 Å². The summed E-state index contributed by atoms with van der Waals surface area (Å²) in [5, 5.41) is 0. The highest BCUT2D eigenvalue weighted by atomic mass is 19.3. The third-order valence-electron chi connectivity index (χ3n) is 4.26. The second kappa shape index (κ2) is 6.13. The van der Waals surface area contributed by atoms with E-state index in [0.717, 1.165) is 5.57 Å². The molecule has 1 fully saturated rings. The first-order chi connectivity index (χ1) is 10.9. The van der Waals surface area contributed by atoms with Gasteiger partial charge in [-0.3, -0.25) is 4.90 Å². The fourth-order valence-corrected chi connectivity index (χ4v) is 2.93. The zero-order valence-corrected chi connectivity index (χ0v) is 12.5. The smallest absolute Gasteiger partial charge is 0.428 e. The molecular weight excluding hydrogens is 314 g/mol. The fraction of sp³-hybridized carbons (Fsp3) is 0.500. The highest BCUT2D eigenvalue weighted by Crippen LogP contribution is 2.34. The molecule has 2 atom stereocenters. The minimum atomic E-state index is -4.50. The number of hydrogen-bond donors (Lipinski definition) is 0. The van der Waals surface area contributed by atoms with Crippen LogP contribution in [-0.4, -0.2) is 49.8 Å². The average molecular weight is 331 g/mol. The standard InChI is InChI=1S/C16H17F4NO2/c1-21-12-5-11(6-13(21)9-22-8-12)10-3-2-4-14(7-10)23-16(19,20)15(17)18/h2-5,7,12-13,15H,6,8-9H2,1H3. The first-order valence-electron chi connectivity index (χ1n) is 7.32. The number of benzene rings is 1. The van der Waals surface area contributed by atoms with Gasteiger partial charge in [0.2, 0.25) is 0 Å². The molecular formula is C16H17F4NO2. The third-order valence-corrected chi connectivity index (χ3v) is 4.26. The summed E-state index contributed by atoms with van der Waals surface area (Å²) in [6.07, 6.45) is -5.63. The van der Waals surface area contributed by atoms with E-state index in [4.69, 9.17) is 4.74 Å². The molecule has 0 radical (unpaired) electrons. The van der Waals surface area contributed by atoms with E-state index in [2.05, 4.69) is 9.64 Å². The van der Waals surface area contributed by atoms with Crippen molar-refractivity contribution in [3.63, 3.8) is 0 Å². The van der Waals surface area contributed by atoms with Crippen molar-refractivity contribution in [2.24, 2.45) is 0 Å². The van der Waals surface area contributed by atoms with Crippen molar-refractivity contribution in [2.45, 2.75) is 31.0 Å². The SMILES string of the molecule is CN1C2C=C(c3cccc(OC(F)(F)C(F)F)c3)CC1COC2. The first-order valence-corrected chi connectivity index (χ1v) is 7.32. The molecule has 1 aromatic carbocycles. The summed E-state index contributed by atoms with van der Waals surface area (Å²) in [4.78, 5) is 2.22. The van der Waals surface area contributed by atoms with Crippen molar-refractivity contribution in [1.82, 2.24) is 4.90 Å². The summed E-state index contributed by atoms with van der Waals surface area (Å²) in [7, 11) is 2.02. The van der Waals surface area contributed by atoms with Gasteiger partial charge in [-0.05, 0) is 36.7 Å². The maximum atomic E-state index is 13.0. The summed E-state index contributed by atoms with van der Waals surface area (Å²) in [6.45, 7) is 1.19. The molecule has 2 heterocycles. The molecule has 0 aliphatic carbocycles. The zero-order chi connectivity index (χ0) is 16.6. The second-order valence-corrected chi connectivity index (χ2v) is 5.81. The van der Waals surface area contributed by atoms with Crippen LogP contribution in [-0.2, 0) is 4.74 Å². The summed E-state index contributed by atoms with van der Waals surface area (Å²) in [5.41, 5.74) is 1.70. The van der Waals surface area contributed by atoms with E-state index in [0.29, 0.717) is 25.2 Å². The predicted molar refractivity (Wildman–Crippen MR) is 76.8 cm³/mol. The van der Waals surface area contributed by atoms with Gasteiger partial charge < -0.3 is 9.47 Å². The summed E-state index contributed by atoms with van der Waals surface area (Å²) >= 11 is 0. The molecule has 0 aromatic heterocycles. The predicted octanol–water partition coefficient (Wildman–Crippen LogP) is 3.41. The zero-order valence-electron chi connectivity index (χ0n) is 12.5. The number of alkyl halides is 4. The molecule has 1 aromatic rings. The van der Waals surface area contributed by atoms with E-state index in [1.165, 1.54) is 18.2 Å². The fourth-order valence-electron chi connectivity index (χ4n) is 2.93. The topological polar surface area (TPSA) is 21.7 Å². The average Bonchev–Trinajstić information content (AvgIpc) is 2.46. The Labute approximate surface area is 131 Å². The van der Waals surface area contributed by atoms with Crippen LogP contribution in [0.3, 0.4) is 0 Å². The number of likely N-dealkylation sites (N-methyl/N-ethyl adjacent to an activating group) is 1. The second-order valence-electron chi connectivity index (χ2n) is 5.81. The summed E-state index contributed by atoms with van der Waals surface area (Å²) in [6, 6.07) is 6.27. The van der Waals surface area contributed by atoms with Crippen LogP contribution in [0.4, 0.5) is 17.6 Å². The van der Waals surface area contributed by atoms with Gasteiger partial charge in [-0.2, -0.15) is 17.6 Å². The third kappa shape index (κ3) is 3.35. The Morgan fingerprint density at radius 1 is 1.30 bits per heavy atom. The minimum Gasteiger partial charge on any atom is -0.428 e. The van der Waals surface area contributed by atoms with Gasteiger partial charge in [-0.25, -0.2) is 0 Å². The van der Waals surface area contributed by atoms with Crippen molar-refractivity contribution >= 4 is 5.57 Å². The molecule has 1 saturated heterocycles. The Balaban J connectivity index is 1.83. The highest BCUT2D eigenvalue weighted by Gasteiger charge is 2.44. The van der Waals surface area contributed by atoms with E-state index in [1.54, 1.807) is 6.07 Å². The normalized spacial score (nSPS) is 25.4. The van der Waals surface area contributed by atoms with Crippen molar-refractivity contribution in [3.8, 4) is 5.75 Å². The van der Waals surface area contributed by atoms with Crippen LogP contribution in [0.5, 0.6) is 5.75 Å². The first kappa shape index (κ1) is 16.3. The van der Waals surface area contributed by atoms with Gasteiger partial charge in [-0.15, -0.1) is 0 Å². The number of ether oxygens (including phenoxy) is 2. The Kier molecular flexibility index (Phi) is 4.33. The van der Waals surface area contributed by atoms with Crippen molar-refractivity contribution in [1.29, 1.82) is 0 Å². The monoisotopic (exact) mass is 331 g/mol. The van der Waals surface area contributed by atoms with Crippen LogP contribution >= 0.6 is 0 Å². The van der Waals surface area contributed by atoms with Gasteiger partial charge in [0, 0.05) is 6.04 Å². The molecule has 126 valence electrons. The largest absolute Gasteiger partial charge is 0.461 e. The number of nitrogens with zero attached hydrogens (tertiary/aromatic N) is 1. The lowest BCUT2D eigenvalue weighted by molar-refractivity contribution is -0.253. The van der Waals surface area contributed by atoms with Crippen LogP contribution in [0.25, 0.3) is 5.57 Å². The van der Waals surface area contributed by atoms with Gasteiger partial charge >= 0.3 is 12.5 Å². The molecule has 3 rings (SSSR count). The molecule has 0 spiro atoms. The molecule has 23 heavy (non-hydrogen) atoms. The number of hydrogen-bond acceptors (Lipinski definition) is 3. The van der Waals surface area contributed by atoms with Crippen LogP contribution in [0, 0.1) is 0 Å². The lowest BCUT2D eigenvalue weighted by Gasteiger charge is -2.42. The van der Waals surface area contributed by atoms with Crippen LogP contribution in [0.2, 0.25) is 0 Å². The lowest BCUT2D eigenvalue weighted by Crippen LogP contribution is -2.51. The lowest BCUT2D eigenvalue weighted by atomic mass is 9.90. The van der Waals surface area contributed by atoms with Crippen LogP contribution in [0.1, 0.15) is 12.0 Å². The van der Waals surface area contributed by atoms with Gasteiger partial charge in [-0.1, -0.05) is 18.2 Å². The number of halogens is 4. The Morgan fingerprint density at radius 3 is 2.78 bits per heavy atom.